The molecule has 3 aliphatic rings. The highest BCUT2D eigenvalue weighted by atomic mass is 33.1. The molecule has 2 aliphatic heterocycles. The first-order chi connectivity index (χ1) is 52.5. The Morgan fingerprint density at radius 3 is 1.85 bits per heavy atom. The molecule has 0 spiro atoms. The van der Waals surface area contributed by atoms with Gasteiger partial charge in [-0.15, -0.1) is 0 Å². The van der Waals surface area contributed by atoms with E-state index in [0.29, 0.717) is 57.8 Å². The minimum absolute atomic E-state index is 0.00424. The lowest BCUT2D eigenvalue weighted by Gasteiger charge is -2.28. The minimum Gasteiger partial charge on any atom is -0.396 e. The first-order valence-electron chi connectivity index (χ1n) is 37.7. The summed E-state index contributed by atoms with van der Waals surface area (Å²) in [6.07, 6.45) is 4.02. The summed E-state index contributed by atoms with van der Waals surface area (Å²) in [5.74, 6) is -17.3. The van der Waals surface area contributed by atoms with E-state index in [-0.39, 0.29) is 107 Å². The van der Waals surface area contributed by atoms with Gasteiger partial charge in [-0.25, -0.2) is 0 Å². The zero-order valence-corrected chi connectivity index (χ0v) is 64.8. The fourth-order valence-electron chi connectivity index (χ4n) is 12.8. The van der Waals surface area contributed by atoms with Crippen molar-refractivity contribution in [2.24, 2.45) is 63.3 Å². The Morgan fingerprint density at radius 1 is 0.609 bits per heavy atom. The number of hydrogen-bond acceptors (Lipinski definition) is 23. The maximum atomic E-state index is 14.9. The van der Waals surface area contributed by atoms with E-state index in [2.05, 4.69) is 63.5 Å². The van der Waals surface area contributed by atoms with Gasteiger partial charge in [-0.3, -0.25) is 86.5 Å². The van der Waals surface area contributed by atoms with Crippen molar-refractivity contribution >= 4 is 127 Å². The monoisotopic (exact) mass is 1580 g/mol. The molecule has 2 saturated heterocycles. The predicted octanol–water partition coefficient (Wildman–Crippen LogP) is -3.77. The average molecular weight is 1580 g/mol. The molecule has 0 radical (unpaired) electrons. The summed E-state index contributed by atoms with van der Waals surface area (Å²) in [4.78, 5) is 236. The number of nitrogens with one attached hydrogen (secondary N) is 11. The number of guanidine groups is 1. The number of nitrogens with zero attached hydrogens (tertiary/aromatic N) is 2. The summed E-state index contributed by atoms with van der Waals surface area (Å²) in [6.45, 7) is 1.81. The van der Waals surface area contributed by atoms with E-state index in [0.717, 1.165) is 33.6 Å². The number of unbranched alkanes of at least 4 members (excludes halogenated alkanes) is 2. The van der Waals surface area contributed by atoms with Crippen molar-refractivity contribution < 1.29 is 86.6 Å². The number of aryl methyl sites for hydroxylation is 1. The van der Waals surface area contributed by atoms with Gasteiger partial charge in [0.1, 0.15) is 30.0 Å². The van der Waals surface area contributed by atoms with E-state index in [4.69, 9.17) is 28.7 Å². The van der Waals surface area contributed by atoms with E-state index < -0.39 is 219 Å². The quantitative estimate of drug-likeness (QED) is 0.0129. The van der Waals surface area contributed by atoms with E-state index >= 15 is 0 Å². The Morgan fingerprint density at radius 2 is 1.22 bits per heavy atom. The lowest BCUT2D eigenvalue weighted by atomic mass is 9.82. The lowest BCUT2D eigenvalue weighted by molar-refractivity contribution is -0.140. The van der Waals surface area contributed by atoms with Gasteiger partial charge in [-0.1, -0.05) is 92.0 Å². The number of hydrogen-bond donors (Lipinski definition) is 17. The molecule has 0 aromatic heterocycles. The molecular weight excluding hydrogens is 1470 g/mol. The second kappa shape index (κ2) is 50.6. The molecule has 11 atom stereocenters. The number of Topliss-reactive ketones (excluding diaryl/α,β-unsaturated/α-hetero) is 4. The number of likely N-dealkylation sites (tertiary alicyclic amines) is 1. The number of nitrogens with two attached hydrogens (primary N) is 5. The molecule has 612 valence electrons. The first kappa shape index (κ1) is 93.2. The number of aliphatic hydroxyl groups excluding tert-OH is 1. The number of aliphatic imine (C=N–C) groups is 1. The van der Waals surface area contributed by atoms with Crippen LogP contribution in [0.2, 0.25) is 0 Å². The number of primary amides is 1. The summed E-state index contributed by atoms with van der Waals surface area (Å²) in [6, 6.07) is 1.24. The maximum Gasteiger partial charge on any atom is 0.244 e. The molecule has 4 rings (SSSR count). The molecular formula is C72H114N18O18S2. The average Bonchev–Trinajstić information content (AvgIpc) is 1.58. The summed E-state index contributed by atoms with van der Waals surface area (Å²) in [5.41, 5.74) is 28.7. The largest absolute Gasteiger partial charge is 0.396 e. The Hall–Kier alpha value is -9.14. The third kappa shape index (κ3) is 34.4. The van der Waals surface area contributed by atoms with Crippen LogP contribution in [0.3, 0.4) is 0 Å². The summed E-state index contributed by atoms with van der Waals surface area (Å²) >= 11 is 0. The molecule has 3 fully saturated rings. The van der Waals surface area contributed by atoms with Crippen molar-refractivity contribution in [3.8, 4) is 0 Å². The van der Waals surface area contributed by atoms with E-state index in [1.807, 2.05) is 37.3 Å². The Labute approximate surface area is 648 Å². The van der Waals surface area contributed by atoms with E-state index in [9.17, 15) is 86.6 Å². The van der Waals surface area contributed by atoms with E-state index in [1.165, 1.54) is 4.90 Å². The van der Waals surface area contributed by atoms with Crippen LogP contribution in [-0.2, 0) is 87.9 Å². The number of amides is 13. The number of rotatable bonds is 46. The summed E-state index contributed by atoms with van der Waals surface area (Å²) in [7, 11) is 2.08. The smallest absolute Gasteiger partial charge is 0.244 e. The van der Waals surface area contributed by atoms with Crippen LogP contribution in [0, 0.1) is 29.6 Å². The topological polar surface area (TPSA) is 588 Å². The van der Waals surface area contributed by atoms with Crippen molar-refractivity contribution in [1.82, 2.24) is 63.4 Å². The SMILES string of the molecule is CCCC[C@H](NC(=O)[C@H]1CCCN1C(=O)CNC(=O)[C@@H](CCCCN)NC(=O)[C@H]1CSSC[C@@H](CC(=O)[C@H]2CCCC2C(=O)[C@@H](CCCN=C(N)N)NC(=O)[C@@H](CCC(N)=O)NC(=O)CNC(=O)CNC(=O)CNC(=O)CNC(=O)CN)C(=O)N[C@@H](CC(C)C)C(=O)C[C@@H](CO)C(=O)N1)C(=O)CCCc1ccccc1. The van der Waals surface area contributed by atoms with E-state index in [1.54, 1.807) is 13.8 Å². The van der Waals surface area contributed by atoms with Gasteiger partial charge in [0, 0.05) is 62.1 Å². The molecule has 1 unspecified atom stereocenters. The molecule has 0 bridgehead atoms. The zero-order chi connectivity index (χ0) is 81.2. The van der Waals surface area contributed by atoms with Gasteiger partial charge in [-0.05, 0) is 108 Å². The molecule has 1 aliphatic carbocycles. The molecule has 110 heavy (non-hydrogen) atoms. The van der Waals surface area contributed by atoms with Crippen molar-refractivity contribution in [1.29, 1.82) is 0 Å². The number of benzene rings is 1. The molecule has 2 heterocycles. The first-order valence-corrected chi connectivity index (χ1v) is 40.2. The normalized spacial score (nSPS) is 19.9. The highest BCUT2D eigenvalue weighted by Crippen LogP contribution is 2.37. The third-order valence-electron chi connectivity index (χ3n) is 18.8. The number of carbonyl (C=O) groups is 17. The van der Waals surface area contributed by atoms with Crippen LogP contribution in [0.15, 0.2) is 35.3 Å². The van der Waals surface area contributed by atoms with Gasteiger partial charge >= 0.3 is 0 Å². The Kier molecular flexibility index (Phi) is 42.9. The Bertz CT molecular complexity index is 3350. The zero-order valence-electron chi connectivity index (χ0n) is 63.1. The fraction of sp³-hybridized carbons (Fsp3) is 0.667. The molecule has 38 heteroatoms. The van der Waals surface area contributed by atoms with Crippen molar-refractivity contribution in [2.45, 2.75) is 198 Å². The summed E-state index contributed by atoms with van der Waals surface area (Å²) < 4.78 is 0. The predicted molar refractivity (Wildman–Crippen MR) is 409 cm³/mol. The maximum absolute atomic E-state index is 14.9. The molecule has 1 saturated carbocycles. The van der Waals surface area contributed by atoms with Crippen LogP contribution < -0.4 is 87.2 Å². The standard InChI is InChI=1S/C72H114N18O18S2/c1-4-5-20-48(55(92)24-11-17-43-15-7-6-8-16-43)85-71(108)54-23-14-29-90(54)64(101)38-83-68(105)50(21-9-10-27-73)87-70(107)53-41-110-109-40-45(67(104)88-52(30-42(2)3)57(94)31-44(39-91)66(103)89-53)32-56(93)46-18-12-19-47(46)65(102)49(22-13-28-78-72(76)77)86-69(106)51(25-26-58(75)95)84-63(100)37-82-62(99)36-81-61(98)35-80-60(97)34-79-59(96)33-74/h6-8,15-16,42,44-54,91H,4-5,9-14,17-41,73-74H2,1-3H3,(H2,75,95)(H,79,96)(H,80,97)(H,81,98)(H,82,99)(H,83,105)(H,84,100)(H,85,108)(H,86,106)(H,87,107)(H,88,104)(H,89,103)(H4,76,77,78)/t44-,45+,46-,47?,48-,49+,50+,51+,52-,53+,54+/m0/s1. The van der Waals surface area contributed by atoms with Crippen LogP contribution in [-0.4, -0.2) is 235 Å². The summed E-state index contributed by atoms with van der Waals surface area (Å²) in [5, 5.41) is 38.3. The molecule has 1 aromatic rings. The van der Waals surface area contributed by atoms with Crippen LogP contribution in [0.4, 0.5) is 0 Å². The van der Waals surface area contributed by atoms with Gasteiger partial charge in [0.15, 0.2) is 23.3 Å². The second-order valence-electron chi connectivity index (χ2n) is 28.0. The van der Waals surface area contributed by atoms with Crippen LogP contribution in [0.5, 0.6) is 0 Å². The fourth-order valence-corrected chi connectivity index (χ4v) is 15.3. The van der Waals surface area contributed by atoms with Crippen molar-refractivity contribution in [3.63, 3.8) is 0 Å². The van der Waals surface area contributed by atoms with Gasteiger partial charge in [0.25, 0.3) is 0 Å². The van der Waals surface area contributed by atoms with Gasteiger partial charge < -0.3 is 97.2 Å². The molecule has 13 amide bonds. The molecule has 36 nitrogen and oxygen atoms in total. The van der Waals surface area contributed by atoms with Gasteiger partial charge in [-0.2, -0.15) is 0 Å². The highest BCUT2D eigenvalue weighted by molar-refractivity contribution is 8.76. The second-order valence-corrected chi connectivity index (χ2v) is 30.6. The van der Waals surface area contributed by atoms with Crippen LogP contribution in [0.25, 0.3) is 0 Å². The number of ketones is 4. The van der Waals surface area contributed by atoms with Crippen molar-refractivity contribution in [2.75, 3.05) is 77.0 Å². The minimum atomic E-state index is -1.53. The molecule has 1 aromatic carbocycles. The highest BCUT2D eigenvalue weighted by Gasteiger charge is 2.43. The Balaban J connectivity index is 1.51. The lowest BCUT2D eigenvalue weighted by Crippen LogP contribution is -2.57. The number of aliphatic hydroxyl groups is 1. The van der Waals surface area contributed by atoms with Crippen LogP contribution >= 0.6 is 21.6 Å². The van der Waals surface area contributed by atoms with Gasteiger partial charge in [0.2, 0.25) is 76.8 Å². The van der Waals surface area contributed by atoms with Crippen molar-refractivity contribution in [3.05, 3.63) is 35.9 Å². The van der Waals surface area contributed by atoms with Crippen LogP contribution in [0.1, 0.15) is 155 Å². The number of carbonyl (C=O) groups excluding carboxylic acids is 17. The van der Waals surface area contributed by atoms with Gasteiger partial charge in [0.05, 0.1) is 75.8 Å². The third-order valence-corrected chi connectivity index (χ3v) is 21.3. The molecule has 22 N–H and O–H groups in total.